The van der Waals surface area contributed by atoms with Crippen LogP contribution in [0.25, 0.3) is 0 Å². The Bertz CT molecular complexity index is 302. The lowest BCUT2D eigenvalue weighted by Gasteiger charge is -2.20. The smallest absolute Gasteiger partial charge is 0.140 e. The molecule has 0 aromatic heterocycles. The zero-order valence-electron chi connectivity index (χ0n) is 8.26. The van der Waals surface area contributed by atoms with Crippen LogP contribution >= 0.6 is 0 Å². The Kier molecular flexibility index (Phi) is 2.48. The third kappa shape index (κ3) is 2.12. The largest absolute Gasteiger partial charge is 0.506 e. The van der Waals surface area contributed by atoms with Crippen molar-refractivity contribution in [2.24, 2.45) is 5.84 Å². The molecule has 13 heavy (non-hydrogen) atoms. The van der Waals surface area contributed by atoms with Crippen molar-refractivity contribution in [3.05, 3.63) is 23.8 Å². The second kappa shape index (κ2) is 3.26. The highest BCUT2D eigenvalue weighted by Crippen LogP contribution is 2.29. The zero-order valence-corrected chi connectivity index (χ0v) is 8.26. The quantitative estimate of drug-likeness (QED) is 0.352. The number of phenolic OH excluding ortho intramolecular Hbond substituents is 1. The van der Waals surface area contributed by atoms with Crippen LogP contribution in [0.5, 0.6) is 5.75 Å². The standard InChI is InChI=1S/C10H16N2O/c1-10(2,3)7-4-5-9(13)8(6-7)12-11/h4-6,12-13H,11H2,1-3H3. The Morgan fingerprint density at radius 2 is 1.92 bits per heavy atom. The summed E-state index contributed by atoms with van der Waals surface area (Å²) in [6.07, 6.45) is 0. The molecule has 0 saturated carbocycles. The number of anilines is 1. The van der Waals surface area contributed by atoms with Gasteiger partial charge in [0.25, 0.3) is 0 Å². The molecular weight excluding hydrogens is 164 g/mol. The number of phenols is 1. The van der Waals surface area contributed by atoms with Gasteiger partial charge in [0.1, 0.15) is 5.75 Å². The highest BCUT2D eigenvalue weighted by molar-refractivity contribution is 5.57. The average molecular weight is 180 g/mol. The zero-order chi connectivity index (χ0) is 10.1. The first-order chi connectivity index (χ1) is 5.95. The first-order valence-corrected chi connectivity index (χ1v) is 4.25. The topological polar surface area (TPSA) is 58.3 Å². The maximum Gasteiger partial charge on any atom is 0.140 e. The summed E-state index contributed by atoms with van der Waals surface area (Å²) in [7, 11) is 0. The summed E-state index contributed by atoms with van der Waals surface area (Å²) in [5.41, 5.74) is 4.23. The summed E-state index contributed by atoms with van der Waals surface area (Å²) in [4.78, 5) is 0. The molecule has 0 aliphatic rings. The van der Waals surface area contributed by atoms with E-state index in [-0.39, 0.29) is 11.2 Å². The molecule has 1 rings (SSSR count). The highest BCUT2D eigenvalue weighted by atomic mass is 16.3. The van der Waals surface area contributed by atoms with Gasteiger partial charge in [-0.15, -0.1) is 0 Å². The summed E-state index contributed by atoms with van der Waals surface area (Å²) in [6.45, 7) is 6.33. The predicted octanol–water partition coefficient (Wildman–Crippen LogP) is 1.98. The highest BCUT2D eigenvalue weighted by Gasteiger charge is 2.14. The van der Waals surface area contributed by atoms with E-state index in [0.29, 0.717) is 5.69 Å². The molecular formula is C10H16N2O. The molecule has 0 atom stereocenters. The van der Waals surface area contributed by atoms with Crippen molar-refractivity contribution in [1.29, 1.82) is 0 Å². The molecule has 72 valence electrons. The third-order valence-electron chi connectivity index (χ3n) is 2.02. The van der Waals surface area contributed by atoms with E-state index < -0.39 is 0 Å². The van der Waals surface area contributed by atoms with Gasteiger partial charge in [0.2, 0.25) is 0 Å². The van der Waals surface area contributed by atoms with Gasteiger partial charge in [-0.3, -0.25) is 5.84 Å². The second-order valence-corrected chi connectivity index (χ2v) is 4.13. The molecule has 0 aliphatic carbocycles. The minimum Gasteiger partial charge on any atom is -0.506 e. The van der Waals surface area contributed by atoms with Crippen LogP contribution in [0, 0.1) is 0 Å². The molecule has 0 aliphatic heterocycles. The summed E-state index contributed by atoms with van der Waals surface area (Å²) >= 11 is 0. The van der Waals surface area contributed by atoms with Gasteiger partial charge in [-0.05, 0) is 23.1 Å². The maximum absolute atomic E-state index is 9.36. The van der Waals surface area contributed by atoms with Gasteiger partial charge in [0.15, 0.2) is 0 Å². The van der Waals surface area contributed by atoms with Crippen molar-refractivity contribution >= 4 is 5.69 Å². The lowest BCUT2D eigenvalue weighted by Crippen LogP contribution is -2.13. The SMILES string of the molecule is CC(C)(C)c1ccc(O)c(NN)c1. The van der Waals surface area contributed by atoms with E-state index in [1.807, 2.05) is 12.1 Å². The number of nitrogens with one attached hydrogen (secondary N) is 1. The number of aromatic hydroxyl groups is 1. The van der Waals surface area contributed by atoms with Crippen molar-refractivity contribution in [2.75, 3.05) is 5.43 Å². The van der Waals surface area contributed by atoms with E-state index in [1.165, 1.54) is 0 Å². The Labute approximate surface area is 78.5 Å². The number of hydrazine groups is 1. The number of benzene rings is 1. The summed E-state index contributed by atoms with van der Waals surface area (Å²) in [5.74, 6) is 5.43. The van der Waals surface area contributed by atoms with Gasteiger partial charge in [0.05, 0.1) is 5.69 Å². The van der Waals surface area contributed by atoms with Crippen molar-refractivity contribution in [1.82, 2.24) is 0 Å². The van der Waals surface area contributed by atoms with Crippen LogP contribution in [0.3, 0.4) is 0 Å². The van der Waals surface area contributed by atoms with Crippen LogP contribution in [0.2, 0.25) is 0 Å². The average Bonchev–Trinajstić information content (AvgIpc) is 2.03. The number of hydrogen-bond donors (Lipinski definition) is 3. The van der Waals surface area contributed by atoms with Crippen LogP contribution < -0.4 is 11.3 Å². The molecule has 3 nitrogen and oxygen atoms in total. The van der Waals surface area contributed by atoms with Crippen LogP contribution in [-0.2, 0) is 5.41 Å². The van der Waals surface area contributed by atoms with Crippen molar-refractivity contribution in [3.8, 4) is 5.75 Å². The van der Waals surface area contributed by atoms with Gasteiger partial charge < -0.3 is 10.5 Å². The van der Waals surface area contributed by atoms with E-state index in [2.05, 4.69) is 26.2 Å². The molecule has 0 amide bonds. The normalized spacial score (nSPS) is 11.4. The lowest BCUT2D eigenvalue weighted by atomic mass is 9.87. The first kappa shape index (κ1) is 9.86. The minimum absolute atomic E-state index is 0.0688. The summed E-state index contributed by atoms with van der Waals surface area (Å²) < 4.78 is 0. The fraction of sp³-hybridized carbons (Fsp3) is 0.400. The predicted molar refractivity (Wildman–Crippen MR) is 54.6 cm³/mol. The van der Waals surface area contributed by atoms with Gasteiger partial charge in [-0.2, -0.15) is 0 Å². The molecule has 3 heteroatoms. The molecule has 0 bridgehead atoms. The molecule has 1 aromatic rings. The minimum atomic E-state index is 0.0688. The number of nitrogen functional groups attached to an aromatic ring is 1. The fourth-order valence-corrected chi connectivity index (χ4v) is 1.12. The molecule has 0 radical (unpaired) electrons. The van der Waals surface area contributed by atoms with Gasteiger partial charge in [-0.25, -0.2) is 0 Å². The third-order valence-corrected chi connectivity index (χ3v) is 2.02. The van der Waals surface area contributed by atoms with Crippen molar-refractivity contribution in [2.45, 2.75) is 26.2 Å². The van der Waals surface area contributed by atoms with Crippen LogP contribution in [0.15, 0.2) is 18.2 Å². The molecule has 0 spiro atoms. The van der Waals surface area contributed by atoms with Gasteiger partial charge in [0, 0.05) is 0 Å². The monoisotopic (exact) mass is 180 g/mol. The Hall–Kier alpha value is -1.22. The number of rotatable bonds is 1. The van der Waals surface area contributed by atoms with Crippen LogP contribution in [-0.4, -0.2) is 5.11 Å². The van der Waals surface area contributed by atoms with E-state index in [4.69, 9.17) is 5.84 Å². The Morgan fingerprint density at radius 1 is 1.31 bits per heavy atom. The molecule has 0 fully saturated rings. The second-order valence-electron chi connectivity index (χ2n) is 4.13. The number of hydrogen-bond acceptors (Lipinski definition) is 3. The molecule has 0 heterocycles. The van der Waals surface area contributed by atoms with Gasteiger partial charge in [-0.1, -0.05) is 26.8 Å². The Balaban J connectivity index is 3.14. The lowest BCUT2D eigenvalue weighted by molar-refractivity contribution is 0.476. The van der Waals surface area contributed by atoms with Crippen LogP contribution in [0.1, 0.15) is 26.3 Å². The van der Waals surface area contributed by atoms with E-state index in [1.54, 1.807) is 6.07 Å². The summed E-state index contributed by atoms with van der Waals surface area (Å²) in [6, 6.07) is 5.40. The summed E-state index contributed by atoms with van der Waals surface area (Å²) in [5, 5.41) is 9.36. The molecule has 0 unspecified atom stereocenters. The molecule has 1 aromatic carbocycles. The van der Waals surface area contributed by atoms with Crippen molar-refractivity contribution < 1.29 is 5.11 Å². The van der Waals surface area contributed by atoms with E-state index >= 15 is 0 Å². The fourth-order valence-electron chi connectivity index (χ4n) is 1.12. The first-order valence-electron chi connectivity index (χ1n) is 4.25. The molecule has 4 N–H and O–H groups in total. The van der Waals surface area contributed by atoms with Gasteiger partial charge >= 0.3 is 0 Å². The van der Waals surface area contributed by atoms with E-state index in [9.17, 15) is 5.11 Å². The maximum atomic E-state index is 9.36. The molecule has 0 saturated heterocycles. The van der Waals surface area contributed by atoms with Crippen LogP contribution in [0.4, 0.5) is 5.69 Å². The van der Waals surface area contributed by atoms with Crippen molar-refractivity contribution in [3.63, 3.8) is 0 Å². The Morgan fingerprint density at radius 3 is 2.38 bits per heavy atom. The number of nitrogens with two attached hydrogens (primary N) is 1. The van der Waals surface area contributed by atoms with E-state index in [0.717, 1.165) is 5.56 Å².